The number of ether oxygens (including phenoxy) is 1. The molecule has 0 unspecified atom stereocenters. The van der Waals surface area contributed by atoms with Gasteiger partial charge >= 0.3 is 6.18 Å². The van der Waals surface area contributed by atoms with Gasteiger partial charge in [0.15, 0.2) is 0 Å². The molecule has 0 aliphatic rings. The minimum Gasteiger partial charge on any atom is -0.494 e. The van der Waals surface area contributed by atoms with Crippen LogP contribution in [-0.4, -0.2) is 12.8 Å². The van der Waals surface area contributed by atoms with Crippen molar-refractivity contribution in [1.29, 1.82) is 0 Å². The predicted octanol–water partition coefficient (Wildman–Crippen LogP) is 4.58. The smallest absolute Gasteiger partial charge is 0.389 e. The SMILES string of the molecule is CCOc1ccc2ccccc2c1[C@H](N)CCC(F)(F)F. The Labute approximate surface area is 121 Å². The van der Waals surface area contributed by atoms with E-state index in [9.17, 15) is 13.2 Å². The molecule has 1 atom stereocenters. The fourth-order valence-corrected chi connectivity index (χ4v) is 2.40. The van der Waals surface area contributed by atoms with Gasteiger partial charge in [0.1, 0.15) is 5.75 Å². The van der Waals surface area contributed by atoms with E-state index >= 15 is 0 Å². The molecule has 2 N–H and O–H groups in total. The summed E-state index contributed by atoms with van der Waals surface area (Å²) in [5, 5.41) is 1.79. The lowest BCUT2D eigenvalue weighted by Crippen LogP contribution is -2.17. The minimum absolute atomic E-state index is 0.155. The molecule has 0 amide bonds. The monoisotopic (exact) mass is 297 g/mol. The lowest BCUT2D eigenvalue weighted by molar-refractivity contribution is -0.136. The van der Waals surface area contributed by atoms with E-state index in [1.807, 2.05) is 37.3 Å². The highest BCUT2D eigenvalue weighted by Gasteiger charge is 2.29. The number of hydrogen-bond acceptors (Lipinski definition) is 2. The van der Waals surface area contributed by atoms with E-state index in [0.29, 0.717) is 17.9 Å². The van der Waals surface area contributed by atoms with E-state index < -0.39 is 18.6 Å². The van der Waals surface area contributed by atoms with Crippen molar-refractivity contribution < 1.29 is 17.9 Å². The van der Waals surface area contributed by atoms with Gasteiger partial charge in [-0.3, -0.25) is 0 Å². The van der Waals surface area contributed by atoms with E-state index in [1.165, 1.54) is 0 Å². The van der Waals surface area contributed by atoms with Crippen LogP contribution in [0.15, 0.2) is 36.4 Å². The second-order valence-electron chi connectivity index (χ2n) is 4.89. The van der Waals surface area contributed by atoms with Crippen LogP contribution in [0.1, 0.15) is 31.4 Å². The van der Waals surface area contributed by atoms with Crippen molar-refractivity contribution in [3.63, 3.8) is 0 Å². The molecule has 2 rings (SSSR count). The maximum atomic E-state index is 12.4. The van der Waals surface area contributed by atoms with E-state index in [-0.39, 0.29) is 6.42 Å². The molecular formula is C16H18F3NO. The summed E-state index contributed by atoms with van der Waals surface area (Å²) in [5.74, 6) is 0.561. The maximum absolute atomic E-state index is 12.4. The quantitative estimate of drug-likeness (QED) is 0.876. The summed E-state index contributed by atoms with van der Waals surface area (Å²) in [4.78, 5) is 0. The van der Waals surface area contributed by atoms with Crippen molar-refractivity contribution in [2.45, 2.75) is 32.0 Å². The number of nitrogens with two attached hydrogens (primary N) is 1. The lowest BCUT2D eigenvalue weighted by atomic mass is 9.95. The molecule has 0 saturated heterocycles. The van der Waals surface area contributed by atoms with E-state index in [4.69, 9.17) is 10.5 Å². The summed E-state index contributed by atoms with van der Waals surface area (Å²) in [7, 11) is 0. The molecule has 0 fully saturated rings. The fraction of sp³-hybridized carbons (Fsp3) is 0.375. The van der Waals surface area contributed by atoms with Gasteiger partial charge in [0.2, 0.25) is 0 Å². The van der Waals surface area contributed by atoms with E-state index in [1.54, 1.807) is 6.07 Å². The van der Waals surface area contributed by atoms with Gasteiger partial charge < -0.3 is 10.5 Å². The van der Waals surface area contributed by atoms with Crippen LogP contribution >= 0.6 is 0 Å². The zero-order valence-corrected chi connectivity index (χ0v) is 11.8. The van der Waals surface area contributed by atoms with Crippen molar-refractivity contribution in [3.8, 4) is 5.75 Å². The zero-order chi connectivity index (χ0) is 15.5. The molecule has 21 heavy (non-hydrogen) atoms. The fourth-order valence-electron chi connectivity index (χ4n) is 2.40. The van der Waals surface area contributed by atoms with Crippen LogP contribution in [0.25, 0.3) is 10.8 Å². The van der Waals surface area contributed by atoms with Crippen LogP contribution in [0.3, 0.4) is 0 Å². The number of alkyl halides is 3. The normalized spacial score (nSPS) is 13.4. The first kappa shape index (κ1) is 15.6. The Bertz CT molecular complexity index is 610. The Balaban J connectivity index is 2.40. The Kier molecular flexibility index (Phi) is 4.73. The third-order valence-corrected chi connectivity index (χ3v) is 3.34. The average molecular weight is 297 g/mol. The molecule has 0 spiro atoms. The van der Waals surface area contributed by atoms with Crippen LogP contribution in [-0.2, 0) is 0 Å². The Hall–Kier alpha value is -1.75. The van der Waals surface area contributed by atoms with E-state index in [0.717, 1.165) is 10.8 Å². The van der Waals surface area contributed by atoms with Gasteiger partial charge in [-0.05, 0) is 30.2 Å². The molecule has 0 aliphatic carbocycles. The van der Waals surface area contributed by atoms with Gasteiger partial charge in [0.25, 0.3) is 0 Å². The van der Waals surface area contributed by atoms with Crippen molar-refractivity contribution in [3.05, 3.63) is 42.0 Å². The molecule has 0 saturated carbocycles. The highest BCUT2D eigenvalue weighted by atomic mass is 19.4. The lowest BCUT2D eigenvalue weighted by Gasteiger charge is -2.19. The van der Waals surface area contributed by atoms with Crippen molar-refractivity contribution >= 4 is 10.8 Å². The molecule has 0 heterocycles. The van der Waals surface area contributed by atoms with Gasteiger partial charge in [0, 0.05) is 18.0 Å². The second-order valence-corrected chi connectivity index (χ2v) is 4.89. The largest absolute Gasteiger partial charge is 0.494 e. The highest BCUT2D eigenvalue weighted by molar-refractivity contribution is 5.88. The van der Waals surface area contributed by atoms with Crippen LogP contribution in [0.4, 0.5) is 13.2 Å². The first-order valence-corrected chi connectivity index (χ1v) is 6.89. The standard InChI is InChI=1S/C16H18F3NO/c1-2-21-14-8-7-11-5-3-4-6-12(11)15(14)13(20)9-10-16(17,18)19/h3-8,13H,2,9-10,20H2,1H3/t13-/m1/s1. The molecule has 2 aromatic rings. The number of halogens is 3. The van der Waals surface area contributed by atoms with Gasteiger partial charge in [0.05, 0.1) is 6.61 Å². The van der Waals surface area contributed by atoms with Gasteiger partial charge in [-0.1, -0.05) is 30.3 Å². The minimum atomic E-state index is -4.20. The molecule has 0 aliphatic heterocycles. The second kappa shape index (κ2) is 6.35. The number of hydrogen-bond donors (Lipinski definition) is 1. The average Bonchev–Trinajstić information content (AvgIpc) is 2.44. The third-order valence-electron chi connectivity index (χ3n) is 3.34. The van der Waals surface area contributed by atoms with E-state index in [2.05, 4.69) is 0 Å². The summed E-state index contributed by atoms with van der Waals surface area (Å²) in [6, 6.07) is 10.5. The third kappa shape index (κ3) is 3.88. The van der Waals surface area contributed by atoms with Crippen LogP contribution in [0.5, 0.6) is 5.75 Å². The molecule has 0 radical (unpaired) electrons. The van der Waals surface area contributed by atoms with Crippen molar-refractivity contribution in [2.24, 2.45) is 5.73 Å². The number of rotatable bonds is 5. The summed E-state index contributed by atoms with van der Waals surface area (Å²) in [6.45, 7) is 2.28. The molecule has 2 aromatic carbocycles. The Morgan fingerprint density at radius 2 is 1.86 bits per heavy atom. The van der Waals surface area contributed by atoms with Crippen LogP contribution in [0.2, 0.25) is 0 Å². The zero-order valence-electron chi connectivity index (χ0n) is 11.8. The number of benzene rings is 2. The highest BCUT2D eigenvalue weighted by Crippen LogP contribution is 2.35. The maximum Gasteiger partial charge on any atom is 0.389 e. The molecule has 0 bridgehead atoms. The van der Waals surface area contributed by atoms with Gasteiger partial charge in [-0.2, -0.15) is 13.2 Å². The van der Waals surface area contributed by atoms with Crippen LogP contribution < -0.4 is 10.5 Å². The van der Waals surface area contributed by atoms with Gasteiger partial charge in [-0.25, -0.2) is 0 Å². The molecule has 0 aromatic heterocycles. The molecular weight excluding hydrogens is 279 g/mol. The molecule has 2 nitrogen and oxygen atoms in total. The Morgan fingerprint density at radius 1 is 1.14 bits per heavy atom. The molecule has 114 valence electrons. The summed E-state index contributed by atoms with van der Waals surface area (Å²) >= 11 is 0. The topological polar surface area (TPSA) is 35.2 Å². The van der Waals surface area contributed by atoms with Crippen molar-refractivity contribution in [2.75, 3.05) is 6.61 Å². The molecule has 5 heteroatoms. The first-order valence-electron chi connectivity index (χ1n) is 6.89. The first-order chi connectivity index (χ1) is 9.92. The number of fused-ring (bicyclic) bond motifs is 1. The predicted molar refractivity (Wildman–Crippen MR) is 77.3 cm³/mol. The Morgan fingerprint density at radius 3 is 2.52 bits per heavy atom. The summed E-state index contributed by atoms with van der Waals surface area (Å²) in [5.41, 5.74) is 6.67. The van der Waals surface area contributed by atoms with Crippen molar-refractivity contribution in [1.82, 2.24) is 0 Å². The summed E-state index contributed by atoms with van der Waals surface area (Å²) in [6.07, 6.45) is -5.26. The van der Waals surface area contributed by atoms with Crippen LogP contribution in [0, 0.1) is 0 Å². The summed E-state index contributed by atoms with van der Waals surface area (Å²) < 4.78 is 42.8. The van der Waals surface area contributed by atoms with Gasteiger partial charge in [-0.15, -0.1) is 0 Å².